The average Bonchev–Trinajstić information content (AvgIpc) is 2.67. The van der Waals surface area contributed by atoms with E-state index in [4.69, 9.17) is 26.8 Å². The number of nitrogen functional groups attached to an aromatic ring is 1. The molecule has 154 valence electrons. The lowest BCUT2D eigenvalue weighted by atomic mass is 10.2. The molecular weight excluding hydrogens is 406 g/mol. The van der Waals surface area contributed by atoms with Crippen LogP contribution >= 0.6 is 11.6 Å². The third-order valence-electron chi connectivity index (χ3n) is 3.24. The third-order valence-corrected chi connectivity index (χ3v) is 4.42. The quantitative estimate of drug-likeness (QED) is 0.344. The fourth-order valence-corrected chi connectivity index (χ4v) is 2.90. The molecule has 0 saturated carbocycles. The number of benzene rings is 2. The highest BCUT2D eigenvalue weighted by Crippen LogP contribution is 2.36. The number of methoxy groups -OCH3 is 1. The Morgan fingerprint density at radius 1 is 1.14 bits per heavy atom. The van der Waals surface area contributed by atoms with E-state index in [9.17, 15) is 13.0 Å². The van der Waals surface area contributed by atoms with Crippen LogP contribution in [0.4, 0.5) is 17.1 Å². The van der Waals surface area contributed by atoms with Gasteiger partial charge in [-0.3, -0.25) is 4.55 Å². The summed E-state index contributed by atoms with van der Waals surface area (Å²) < 4.78 is 42.6. The summed E-state index contributed by atoms with van der Waals surface area (Å²) in [6, 6.07) is 7.02. The number of nitrogens with two attached hydrogens (primary N) is 1. The van der Waals surface area contributed by atoms with E-state index in [1.54, 1.807) is 6.07 Å². The molecule has 0 aliphatic rings. The Kier molecular flexibility index (Phi) is 9.17. The second-order valence-corrected chi connectivity index (χ2v) is 7.00. The first kappa shape index (κ1) is 23.7. The highest BCUT2D eigenvalue weighted by Gasteiger charge is 2.17. The van der Waals surface area contributed by atoms with E-state index < -0.39 is 15.0 Å². The summed E-state index contributed by atoms with van der Waals surface area (Å²) in [4.78, 5) is -0.410. The zero-order valence-electron chi connectivity index (χ0n) is 16.1. The summed E-state index contributed by atoms with van der Waals surface area (Å²) in [5.74, 6) is 0.422. The number of halogens is 1. The van der Waals surface area contributed by atoms with Crippen molar-refractivity contribution in [3.05, 3.63) is 35.4 Å². The van der Waals surface area contributed by atoms with Gasteiger partial charge in [0.25, 0.3) is 10.1 Å². The van der Waals surface area contributed by atoms with Crippen molar-refractivity contribution in [2.45, 2.75) is 32.1 Å². The first-order valence-corrected chi connectivity index (χ1v) is 10.4. The molecule has 0 unspecified atom stereocenters. The van der Waals surface area contributed by atoms with Crippen molar-refractivity contribution in [3.63, 3.8) is 0 Å². The van der Waals surface area contributed by atoms with Gasteiger partial charge >= 0.3 is 0 Å². The third kappa shape index (κ3) is 6.36. The van der Waals surface area contributed by atoms with Crippen LogP contribution in [0.5, 0.6) is 11.5 Å². The molecule has 10 heteroatoms. The molecule has 0 atom stereocenters. The molecule has 2 aromatic rings. The van der Waals surface area contributed by atoms with Gasteiger partial charge in [-0.1, -0.05) is 32.4 Å². The van der Waals surface area contributed by atoms with Crippen molar-refractivity contribution in [1.82, 2.24) is 0 Å². The van der Waals surface area contributed by atoms with Gasteiger partial charge in [0.1, 0.15) is 22.1 Å². The van der Waals surface area contributed by atoms with Crippen LogP contribution in [0, 0.1) is 0 Å². The molecule has 28 heavy (non-hydrogen) atoms. The standard InChI is InChI=1S/C16H18ClN3O5S.C2H6/c1-3-6-25-15-9-13(11(17)8-12(15)18)20-19-10-4-5-14(24-2)16(7-10)26(21,22)23;1-2/h4-5,7-9H,3,6,18H2,1-2H3,(H,21,22,23);1-2H3. The monoisotopic (exact) mass is 429 g/mol. The minimum absolute atomic E-state index is 0.00720. The van der Waals surface area contributed by atoms with Crippen molar-refractivity contribution >= 4 is 38.8 Å². The van der Waals surface area contributed by atoms with Gasteiger partial charge in [0.15, 0.2) is 0 Å². The number of rotatable bonds is 7. The van der Waals surface area contributed by atoms with E-state index in [1.165, 1.54) is 25.3 Å². The molecule has 0 spiro atoms. The Bertz CT molecular complexity index is 933. The van der Waals surface area contributed by atoms with Crippen molar-refractivity contribution in [3.8, 4) is 11.5 Å². The van der Waals surface area contributed by atoms with E-state index in [0.717, 1.165) is 12.5 Å². The molecule has 0 fully saturated rings. The van der Waals surface area contributed by atoms with Gasteiger partial charge in [0, 0.05) is 6.07 Å². The summed E-state index contributed by atoms with van der Waals surface area (Å²) in [6.07, 6.45) is 0.809. The zero-order chi connectivity index (χ0) is 21.3. The highest BCUT2D eigenvalue weighted by molar-refractivity contribution is 7.86. The van der Waals surface area contributed by atoms with Crippen molar-refractivity contribution in [2.24, 2.45) is 10.2 Å². The number of anilines is 1. The Hall–Kier alpha value is -2.36. The minimum atomic E-state index is -4.47. The molecule has 2 rings (SSSR count). The van der Waals surface area contributed by atoms with Crippen LogP contribution in [0.1, 0.15) is 27.2 Å². The fourth-order valence-electron chi connectivity index (χ4n) is 2.01. The van der Waals surface area contributed by atoms with Gasteiger partial charge in [0.05, 0.1) is 30.1 Å². The molecule has 0 bridgehead atoms. The lowest BCUT2D eigenvalue weighted by Gasteiger charge is -2.09. The van der Waals surface area contributed by atoms with Crippen LogP contribution in [-0.2, 0) is 10.1 Å². The number of azo groups is 1. The van der Waals surface area contributed by atoms with E-state index in [-0.39, 0.29) is 16.5 Å². The second kappa shape index (κ2) is 10.8. The summed E-state index contributed by atoms with van der Waals surface area (Å²) in [5.41, 5.74) is 6.71. The molecular formula is C18H24ClN3O5S. The van der Waals surface area contributed by atoms with Gasteiger partial charge in [-0.2, -0.15) is 13.5 Å². The Labute approximate surface area is 170 Å². The number of ether oxygens (including phenoxy) is 2. The van der Waals surface area contributed by atoms with Crippen LogP contribution in [0.3, 0.4) is 0 Å². The zero-order valence-corrected chi connectivity index (χ0v) is 17.7. The molecule has 8 nitrogen and oxygen atoms in total. The van der Waals surface area contributed by atoms with E-state index >= 15 is 0 Å². The largest absolute Gasteiger partial charge is 0.495 e. The van der Waals surface area contributed by atoms with Crippen LogP contribution in [-0.4, -0.2) is 26.7 Å². The summed E-state index contributed by atoms with van der Waals surface area (Å²) in [7, 11) is -3.18. The predicted molar refractivity (Wildman–Crippen MR) is 110 cm³/mol. The first-order chi connectivity index (χ1) is 13.3. The fraction of sp³-hybridized carbons (Fsp3) is 0.333. The lowest BCUT2D eigenvalue weighted by Crippen LogP contribution is -2.01. The molecule has 0 aromatic heterocycles. The van der Waals surface area contributed by atoms with Crippen LogP contribution < -0.4 is 15.2 Å². The van der Waals surface area contributed by atoms with Gasteiger partial charge in [-0.05, 0) is 30.7 Å². The van der Waals surface area contributed by atoms with Gasteiger partial charge in [0.2, 0.25) is 0 Å². The summed E-state index contributed by atoms with van der Waals surface area (Å²) >= 11 is 6.11. The van der Waals surface area contributed by atoms with E-state index in [1.807, 2.05) is 20.8 Å². The second-order valence-electron chi connectivity index (χ2n) is 5.20. The Balaban J connectivity index is 0.00000190. The van der Waals surface area contributed by atoms with Crippen molar-refractivity contribution < 1.29 is 22.4 Å². The Morgan fingerprint density at radius 2 is 1.82 bits per heavy atom. The molecule has 0 amide bonds. The SMILES string of the molecule is CC.CCCOc1cc(N=Nc2ccc(OC)c(S(=O)(=O)O)c2)c(Cl)cc1N. The highest BCUT2D eigenvalue weighted by atomic mass is 35.5. The minimum Gasteiger partial charge on any atom is -0.495 e. The normalized spacial score (nSPS) is 11.1. The van der Waals surface area contributed by atoms with E-state index in [2.05, 4.69) is 10.2 Å². The van der Waals surface area contributed by atoms with E-state index in [0.29, 0.717) is 23.7 Å². The molecule has 0 aliphatic heterocycles. The van der Waals surface area contributed by atoms with Gasteiger partial charge in [-0.25, -0.2) is 0 Å². The van der Waals surface area contributed by atoms with Gasteiger partial charge < -0.3 is 15.2 Å². The maximum Gasteiger partial charge on any atom is 0.298 e. The van der Waals surface area contributed by atoms with Crippen LogP contribution in [0.25, 0.3) is 0 Å². The molecule has 2 aromatic carbocycles. The molecule has 0 radical (unpaired) electrons. The molecule has 0 aliphatic carbocycles. The smallest absolute Gasteiger partial charge is 0.298 e. The molecule has 0 saturated heterocycles. The predicted octanol–water partition coefficient (Wildman–Crippen LogP) is 5.41. The summed E-state index contributed by atoms with van der Waals surface area (Å²) in [5, 5.41) is 8.22. The number of nitrogens with zero attached hydrogens (tertiary/aromatic N) is 2. The molecule has 0 heterocycles. The van der Waals surface area contributed by atoms with Crippen LogP contribution in [0.2, 0.25) is 5.02 Å². The topological polar surface area (TPSA) is 124 Å². The lowest BCUT2D eigenvalue weighted by molar-refractivity contribution is 0.319. The maximum absolute atomic E-state index is 11.4. The number of hydrogen-bond acceptors (Lipinski definition) is 7. The average molecular weight is 430 g/mol. The van der Waals surface area contributed by atoms with Crippen molar-refractivity contribution in [2.75, 3.05) is 19.5 Å². The maximum atomic E-state index is 11.4. The van der Waals surface area contributed by atoms with Crippen LogP contribution in [0.15, 0.2) is 45.5 Å². The number of hydrogen-bond donors (Lipinski definition) is 2. The first-order valence-electron chi connectivity index (χ1n) is 8.55. The Morgan fingerprint density at radius 3 is 2.39 bits per heavy atom. The van der Waals surface area contributed by atoms with Crippen molar-refractivity contribution in [1.29, 1.82) is 0 Å². The van der Waals surface area contributed by atoms with Gasteiger partial charge in [-0.15, -0.1) is 5.11 Å². The molecule has 3 N–H and O–H groups in total. The summed E-state index contributed by atoms with van der Waals surface area (Å²) in [6.45, 7) is 6.45.